The first-order valence-corrected chi connectivity index (χ1v) is 8.78. The van der Waals surface area contributed by atoms with E-state index in [-0.39, 0.29) is 5.78 Å². The molecule has 0 aliphatic carbocycles. The summed E-state index contributed by atoms with van der Waals surface area (Å²) in [6, 6.07) is 11.9. The number of rotatable bonds is 4. The minimum Gasteiger partial charge on any atom is -0.339 e. The number of fused-ring (bicyclic) bond motifs is 1. The van der Waals surface area contributed by atoms with Gasteiger partial charge in [0.25, 0.3) is 0 Å². The van der Waals surface area contributed by atoms with Crippen LogP contribution in [0.3, 0.4) is 0 Å². The van der Waals surface area contributed by atoms with Crippen LogP contribution >= 0.6 is 23.2 Å². The third-order valence-corrected chi connectivity index (χ3v) is 4.69. The summed E-state index contributed by atoms with van der Waals surface area (Å²) < 4.78 is 1.65. The highest BCUT2D eigenvalue weighted by molar-refractivity contribution is 6.35. The molecule has 2 aromatic heterocycles. The molecule has 6 nitrogen and oxygen atoms in total. The average Bonchev–Trinajstić information content (AvgIpc) is 3.05. The van der Waals surface area contributed by atoms with Crippen LogP contribution in [0.15, 0.2) is 55.0 Å². The molecule has 0 atom stereocenters. The molecule has 0 amide bonds. The van der Waals surface area contributed by atoms with Gasteiger partial charge in [0, 0.05) is 23.2 Å². The topological polar surface area (TPSA) is 72.7 Å². The number of aromatic nitrogens is 4. The van der Waals surface area contributed by atoms with Crippen molar-refractivity contribution in [2.24, 2.45) is 7.05 Å². The Bertz CT molecular complexity index is 1170. The van der Waals surface area contributed by atoms with Crippen molar-refractivity contribution in [1.29, 1.82) is 0 Å². The zero-order chi connectivity index (χ0) is 19.0. The SMILES string of the molecule is Cn1ncc2c(Nc3ccc(Cl)cc3C(=O)c3ccccc3Cl)ncnc21. The molecule has 0 saturated carbocycles. The summed E-state index contributed by atoms with van der Waals surface area (Å²) in [5.41, 5.74) is 2.04. The molecule has 0 unspecified atom stereocenters. The quantitative estimate of drug-likeness (QED) is 0.507. The summed E-state index contributed by atoms with van der Waals surface area (Å²) in [4.78, 5) is 21.6. The van der Waals surface area contributed by atoms with Gasteiger partial charge in [0.15, 0.2) is 11.4 Å². The second-order valence-corrected chi connectivity index (χ2v) is 6.70. The Labute approximate surface area is 164 Å². The summed E-state index contributed by atoms with van der Waals surface area (Å²) in [6.07, 6.45) is 3.11. The fraction of sp³-hybridized carbons (Fsp3) is 0.0526. The summed E-state index contributed by atoms with van der Waals surface area (Å²) >= 11 is 12.3. The van der Waals surface area contributed by atoms with Gasteiger partial charge in [-0.05, 0) is 30.3 Å². The van der Waals surface area contributed by atoms with Gasteiger partial charge in [0.05, 0.1) is 22.3 Å². The normalized spacial score (nSPS) is 10.9. The van der Waals surface area contributed by atoms with Crippen LogP contribution in [0, 0.1) is 0 Å². The smallest absolute Gasteiger partial charge is 0.196 e. The fourth-order valence-corrected chi connectivity index (χ4v) is 3.19. The van der Waals surface area contributed by atoms with Crippen LogP contribution in [-0.2, 0) is 7.05 Å². The summed E-state index contributed by atoms with van der Waals surface area (Å²) in [7, 11) is 1.80. The highest BCUT2D eigenvalue weighted by Crippen LogP contribution is 2.30. The Morgan fingerprint density at radius 2 is 1.89 bits per heavy atom. The highest BCUT2D eigenvalue weighted by atomic mass is 35.5. The highest BCUT2D eigenvalue weighted by Gasteiger charge is 2.18. The Kier molecular flexibility index (Phi) is 4.51. The standard InChI is InChI=1S/C19H13Cl2N5O/c1-26-19-14(9-24-26)18(22-10-23-19)25-16-7-6-11(20)8-13(16)17(27)12-4-2-3-5-15(12)21/h2-10H,1H3,(H,22,23,25). The van der Waals surface area contributed by atoms with Crippen molar-refractivity contribution in [1.82, 2.24) is 19.7 Å². The van der Waals surface area contributed by atoms with Gasteiger partial charge >= 0.3 is 0 Å². The Hall–Kier alpha value is -2.96. The second-order valence-electron chi connectivity index (χ2n) is 5.85. The van der Waals surface area contributed by atoms with Gasteiger partial charge in [0.1, 0.15) is 12.1 Å². The van der Waals surface area contributed by atoms with Crippen molar-refractivity contribution in [2.75, 3.05) is 5.32 Å². The molecule has 0 aliphatic rings. The maximum absolute atomic E-state index is 13.1. The number of ketones is 1. The van der Waals surface area contributed by atoms with Crippen molar-refractivity contribution < 1.29 is 4.79 Å². The number of aryl methyl sites for hydroxylation is 1. The van der Waals surface area contributed by atoms with E-state index in [1.54, 1.807) is 60.4 Å². The fourth-order valence-electron chi connectivity index (χ4n) is 2.79. The molecular formula is C19H13Cl2N5O. The minimum atomic E-state index is -0.234. The van der Waals surface area contributed by atoms with Crippen LogP contribution in [0.2, 0.25) is 10.0 Å². The van der Waals surface area contributed by atoms with Gasteiger partial charge in [-0.15, -0.1) is 0 Å². The van der Waals surface area contributed by atoms with Crippen LogP contribution in [0.25, 0.3) is 11.0 Å². The second kappa shape index (κ2) is 6.98. The van der Waals surface area contributed by atoms with Crippen LogP contribution < -0.4 is 5.32 Å². The minimum absolute atomic E-state index is 0.234. The van der Waals surface area contributed by atoms with Crippen molar-refractivity contribution in [3.8, 4) is 0 Å². The zero-order valence-electron chi connectivity index (χ0n) is 14.1. The number of carbonyl (C=O) groups is 1. The lowest BCUT2D eigenvalue weighted by atomic mass is 10.0. The van der Waals surface area contributed by atoms with E-state index >= 15 is 0 Å². The van der Waals surface area contributed by atoms with Crippen LogP contribution in [0.4, 0.5) is 11.5 Å². The number of hydrogen-bond donors (Lipinski definition) is 1. The van der Waals surface area contributed by atoms with Gasteiger partial charge in [-0.2, -0.15) is 5.10 Å². The lowest BCUT2D eigenvalue weighted by Gasteiger charge is -2.12. The summed E-state index contributed by atoms with van der Waals surface area (Å²) in [5.74, 6) is 0.311. The van der Waals surface area contributed by atoms with E-state index in [4.69, 9.17) is 23.2 Å². The molecule has 2 heterocycles. The van der Waals surface area contributed by atoms with Crippen molar-refractivity contribution in [3.63, 3.8) is 0 Å². The molecular weight excluding hydrogens is 385 g/mol. The van der Waals surface area contributed by atoms with E-state index in [0.717, 1.165) is 5.39 Å². The Morgan fingerprint density at radius 3 is 2.70 bits per heavy atom. The van der Waals surface area contributed by atoms with Gasteiger partial charge in [-0.1, -0.05) is 35.3 Å². The Morgan fingerprint density at radius 1 is 1.07 bits per heavy atom. The van der Waals surface area contributed by atoms with Gasteiger partial charge in [-0.3, -0.25) is 9.48 Å². The number of nitrogens with one attached hydrogen (secondary N) is 1. The number of anilines is 2. The average molecular weight is 398 g/mol. The molecule has 8 heteroatoms. The van der Waals surface area contributed by atoms with Gasteiger partial charge in [-0.25, -0.2) is 9.97 Å². The van der Waals surface area contributed by atoms with Crippen molar-refractivity contribution in [2.45, 2.75) is 0 Å². The zero-order valence-corrected chi connectivity index (χ0v) is 15.7. The maximum Gasteiger partial charge on any atom is 0.196 e. The molecule has 27 heavy (non-hydrogen) atoms. The monoisotopic (exact) mass is 397 g/mol. The third kappa shape index (κ3) is 3.25. The van der Waals surface area contributed by atoms with E-state index in [1.807, 2.05) is 0 Å². The lowest BCUT2D eigenvalue weighted by molar-refractivity contribution is 0.103. The summed E-state index contributed by atoms with van der Waals surface area (Å²) in [6.45, 7) is 0. The summed E-state index contributed by atoms with van der Waals surface area (Å²) in [5, 5.41) is 8.97. The molecule has 4 rings (SSSR count). The third-order valence-electron chi connectivity index (χ3n) is 4.13. The number of halogens is 2. The Balaban J connectivity index is 1.80. The van der Waals surface area contributed by atoms with Crippen LogP contribution in [0.5, 0.6) is 0 Å². The van der Waals surface area contributed by atoms with E-state index in [0.29, 0.717) is 38.3 Å². The number of nitrogens with zero attached hydrogens (tertiary/aromatic N) is 4. The molecule has 0 bridgehead atoms. The number of carbonyl (C=O) groups excluding carboxylic acids is 1. The molecule has 0 saturated heterocycles. The lowest BCUT2D eigenvalue weighted by Crippen LogP contribution is -2.07. The molecule has 0 aliphatic heterocycles. The van der Waals surface area contributed by atoms with Crippen LogP contribution in [-0.4, -0.2) is 25.5 Å². The first kappa shape index (κ1) is 17.5. The van der Waals surface area contributed by atoms with Gasteiger partial charge < -0.3 is 5.32 Å². The molecule has 0 spiro atoms. The first-order chi connectivity index (χ1) is 13.0. The van der Waals surface area contributed by atoms with E-state index in [1.165, 1.54) is 6.33 Å². The predicted molar refractivity (Wildman–Crippen MR) is 106 cm³/mol. The molecule has 2 aromatic carbocycles. The molecule has 0 radical (unpaired) electrons. The number of benzene rings is 2. The maximum atomic E-state index is 13.1. The molecule has 0 fully saturated rings. The van der Waals surface area contributed by atoms with Crippen molar-refractivity contribution >= 4 is 51.5 Å². The predicted octanol–water partition coefficient (Wildman–Crippen LogP) is 4.64. The van der Waals surface area contributed by atoms with Crippen molar-refractivity contribution in [3.05, 3.63) is 76.2 Å². The molecule has 134 valence electrons. The molecule has 1 N–H and O–H groups in total. The van der Waals surface area contributed by atoms with Gasteiger partial charge in [0.2, 0.25) is 0 Å². The van der Waals surface area contributed by atoms with E-state index in [2.05, 4.69) is 20.4 Å². The first-order valence-electron chi connectivity index (χ1n) is 8.03. The van der Waals surface area contributed by atoms with Crippen LogP contribution in [0.1, 0.15) is 15.9 Å². The molecule has 4 aromatic rings. The number of hydrogen-bond acceptors (Lipinski definition) is 5. The van der Waals surface area contributed by atoms with E-state index in [9.17, 15) is 4.79 Å². The largest absolute Gasteiger partial charge is 0.339 e. The van der Waals surface area contributed by atoms with E-state index < -0.39 is 0 Å².